The molecule has 0 unspecified atom stereocenters. The predicted molar refractivity (Wildman–Crippen MR) is 99.7 cm³/mol. The fourth-order valence-electron chi connectivity index (χ4n) is 2.45. The number of allylic oxidation sites excluding steroid dienone is 5. The number of rotatable bonds is 5. The SMILES string of the molecule is C=C/C(=C\C=C/C)n1ncc2c(=O)n(Bc3ccccc3)cnc21. The van der Waals surface area contributed by atoms with Gasteiger partial charge in [-0.3, -0.25) is 4.79 Å². The summed E-state index contributed by atoms with van der Waals surface area (Å²) in [6, 6.07) is 9.82. The molecule has 0 aliphatic heterocycles. The molecule has 24 heavy (non-hydrogen) atoms. The second kappa shape index (κ2) is 6.96. The van der Waals surface area contributed by atoms with E-state index in [1.807, 2.05) is 55.5 Å². The van der Waals surface area contributed by atoms with Gasteiger partial charge in [0.2, 0.25) is 0 Å². The molecular formula is C18H17BN4O. The Morgan fingerprint density at radius 2 is 2.08 bits per heavy atom. The van der Waals surface area contributed by atoms with Gasteiger partial charge in [0.25, 0.3) is 13.0 Å². The van der Waals surface area contributed by atoms with E-state index < -0.39 is 0 Å². The van der Waals surface area contributed by atoms with Crippen molar-refractivity contribution >= 4 is 29.6 Å². The third kappa shape index (κ3) is 2.99. The van der Waals surface area contributed by atoms with E-state index in [9.17, 15) is 4.79 Å². The first-order chi connectivity index (χ1) is 11.7. The summed E-state index contributed by atoms with van der Waals surface area (Å²) in [6.45, 7) is 5.73. The number of aromatic nitrogens is 4. The first-order valence-corrected chi connectivity index (χ1v) is 7.67. The maximum absolute atomic E-state index is 12.7. The molecule has 0 atom stereocenters. The zero-order valence-corrected chi connectivity index (χ0v) is 13.5. The lowest BCUT2D eigenvalue weighted by Crippen LogP contribution is -2.32. The maximum atomic E-state index is 12.7. The molecule has 5 nitrogen and oxygen atoms in total. The quantitative estimate of drug-likeness (QED) is 0.532. The molecule has 0 radical (unpaired) electrons. The average molecular weight is 316 g/mol. The molecule has 0 N–H and O–H groups in total. The number of hydrogen-bond acceptors (Lipinski definition) is 3. The highest BCUT2D eigenvalue weighted by molar-refractivity contribution is 6.51. The van der Waals surface area contributed by atoms with Crippen LogP contribution < -0.4 is 11.0 Å². The maximum Gasteiger partial charge on any atom is 0.281 e. The lowest BCUT2D eigenvalue weighted by atomic mass is 9.82. The number of fused-ring (bicyclic) bond motifs is 1. The van der Waals surface area contributed by atoms with Gasteiger partial charge in [-0.25, -0.2) is 9.67 Å². The van der Waals surface area contributed by atoms with Crippen LogP contribution in [-0.2, 0) is 0 Å². The minimum atomic E-state index is -0.107. The Morgan fingerprint density at radius 1 is 1.29 bits per heavy atom. The first kappa shape index (κ1) is 15.7. The van der Waals surface area contributed by atoms with Crippen LogP contribution in [0.2, 0.25) is 0 Å². The van der Waals surface area contributed by atoms with E-state index in [1.54, 1.807) is 27.8 Å². The minimum Gasteiger partial charge on any atom is -0.343 e. The molecule has 2 heterocycles. The molecule has 0 saturated heterocycles. The van der Waals surface area contributed by atoms with Crippen molar-refractivity contribution in [2.24, 2.45) is 0 Å². The van der Waals surface area contributed by atoms with Crippen LogP contribution in [0.25, 0.3) is 16.7 Å². The van der Waals surface area contributed by atoms with Crippen LogP contribution in [-0.4, -0.2) is 26.7 Å². The highest BCUT2D eigenvalue weighted by atomic mass is 16.1. The monoisotopic (exact) mass is 316 g/mol. The molecule has 0 aliphatic rings. The van der Waals surface area contributed by atoms with Crippen LogP contribution in [0.1, 0.15) is 6.92 Å². The molecule has 6 heteroatoms. The molecule has 0 amide bonds. The number of benzene rings is 1. The molecule has 0 bridgehead atoms. The van der Waals surface area contributed by atoms with E-state index in [1.165, 1.54) is 0 Å². The van der Waals surface area contributed by atoms with Crippen LogP contribution in [0.15, 0.2) is 78.5 Å². The fraction of sp³-hybridized carbons (Fsp3) is 0.0556. The van der Waals surface area contributed by atoms with Crippen LogP contribution in [0, 0.1) is 0 Å². The van der Waals surface area contributed by atoms with Crippen LogP contribution in [0.4, 0.5) is 0 Å². The fourth-order valence-corrected chi connectivity index (χ4v) is 2.45. The van der Waals surface area contributed by atoms with Crippen molar-refractivity contribution in [2.45, 2.75) is 6.92 Å². The lowest BCUT2D eigenvalue weighted by molar-refractivity contribution is 0.920. The molecule has 0 aliphatic carbocycles. The normalized spacial score (nSPS) is 12.0. The second-order valence-corrected chi connectivity index (χ2v) is 5.28. The molecule has 0 saturated carbocycles. The van der Waals surface area contributed by atoms with Gasteiger partial charge in [0.05, 0.1) is 18.2 Å². The van der Waals surface area contributed by atoms with Gasteiger partial charge in [0.15, 0.2) is 5.65 Å². The van der Waals surface area contributed by atoms with Crippen molar-refractivity contribution in [1.29, 1.82) is 0 Å². The van der Waals surface area contributed by atoms with Gasteiger partial charge in [-0.05, 0) is 19.1 Å². The number of nitrogens with zero attached hydrogens (tertiary/aromatic N) is 4. The summed E-state index contributed by atoms with van der Waals surface area (Å²) in [5.74, 6) is 0. The van der Waals surface area contributed by atoms with Crippen molar-refractivity contribution in [3.05, 3.63) is 84.1 Å². The Kier molecular flexibility index (Phi) is 4.56. The van der Waals surface area contributed by atoms with Crippen molar-refractivity contribution in [1.82, 2.24) is 19.2 Å². The molecule has 2 aromatic heterocycles. The van der Waals surface area contributed by atoms with E-state index in [0.29, 0.717) is 18.4 Å². The molecule has 0 fully saturated rings. The summed E-state index contributed by atoms with van der Waals surface area (Å²) < 4.78 is 3.21. The van der Waals surface area contributed by atoms with E-state index in [-0.39, 0.29) is 5.56 Å². The van der Waals surface area contributed by atoms with E-state index in [0.717, 1.165) is 11.2 Å². The van der Waals surface area contributed by atoms with E-state index in [4.69, 9.17) is 0 Å². The van der Waals surface area contributed by atoms with E-state index >= 15 is 0 Å². The molecule has 1 aromatic carbocycles. The Balaban J connectivity index is 2.06. The molecule has 118 valence electrons. The summed E-state index contributed by atoms with van der Waals surface area (Å²) in [5, 5.41) is 4.78. The standard InChI is InChI=1S/C18H17BN4O/c1-3-5-11-15(4-2)23-17-16(12-21-23)18(24)22(13-20-17)19-14-9-7-6-8-10-14/h3-13,19H,2H2,1H3/b5-3-,15-11+. The highest BCUT2D eigenvalue weighted by Crippen LogP contribution is 2.12. The third-order valence-electron chi connectivity index (χ3n) is 3.66. The van der Waals surface area contributed by atoms with E-state index in [2.05, 4.69) is 16.7 Å². The van der Waals surface area contributed by atoms with Gasteiger partial charge in [-0.1, -0.05) is 54.5 Å². The van der Waals surface area contributed by atoms with Crippen LogP contribution >= 0.6 is 0 Å². The Bertz CT molecular complexity index is 983. The summed E-state index contributed by atoms with van der Waals surface area (Å²) in [5.41, 5.74) is 2.23. The van der Waals surface area contributed by atoms with Crippen molar-refractivity contribution < 1.29 is 0 Å². The van der Waals surface area contributed by atoms with Gasteiger partial charge in [-0.2, -0.15) is 5.10 Å². The number of hydrogen-bond donors (Lipinski definition) is 0. The molecular weight excluding hydrogens is 299 g/mol. The second-order valence-electron chi connectivity index (χ2n) is 5.28. The summed E-state index contributed by atoms with van der Waals surface area (Å²) in [4.78, 5) is 17.1. The lowest BCUT2D eigenvalue weighted by Gasteiger charge is -2.05. The zero-order chi connectivity index (χ0) is 16.9. The summed E-state index contributed by atoms with van der Waals surface area (Å²) in [7, 11) is 0.483. The van der Waals surface area contributed by atoms with Gasteiger partial charge < -0.3 is 4.48 Å². The van der Waals surface area contributed by atoms with Crippen molar-refractivity contribution in [3.8, 4) is 0 Å². The summed E-state index contributed by atoms with van der Waals surface area (Å²) in [6.07, 6.45) is 10.5. The Morgan fingerprint density at radius 3 is 2.79 bits per heavy atom. The smallest absolute Gasteiger partial charge is 0.281 e. The van der Waals surface area contributed by atoms with Crippen molar-refractivity contribution in [3.63, 3.8) is 0 Å². The largest absolute Gasteiger partial charge is 0.343 e. The summed E-state index contributed by atoms with van der Waals surface area (Å²) >= 11 is 0. The Labute approximate surface area is 140 Å². The topological polar surface area (TPSA) is 52.7 Å². The predicted octanol–water partition coefficient (Wildman–Crippen LogP) is 1.72. The average Bonchev–Trinajstić information content (AvgIpc) is 3.04. The highest BCUT2D eigenvalue weighted by Gasteiger charge is 2.12. The van der Waals surface area contributed by atoms with Gasteiger partial charge in [0, 0.05) is 0 Å². The van der Waals surface area contributed by atoms with Crippen LogP contribution in [0.3, 0.4) is 0 Å². The minimum absolute atomic E-state index is 0.107. The van der Waals surface area contributed by atoms with Crippen molar-refractivity contribution in [2.75, 3.05) is 0 Å². The Hall–Kier alpha value is -3.15. The van der Waals surface area contributed by atoms with Gasteiger partial charge in [0.1, 0.15) is 5.39 Å². The van der Waals surface area contributed by atoms with Gasteiger partial charge >= 0.3 is 0 Å². The van der Waals surface area contributed by atoms with Crippen LogP contribution in [0.5, 0.6) is 0 Å². The molecule has 3 rings (SSSR count). The van der Waals surface area contributed by atoms with Gasteiger partial charge in [-0.15, -0.1) is 0 Å². The molecule has 0 spiro atoms. The third-order valence-corrected chi connectivity index (χ3v) is 3.66. The molecule has 3 aromatic rings. The first-order valence-electron chi connectivity index (χ1n) is 7.67. The zero-order valence-electron chi connectivity index (χ0n) is 13.5.